The summed E-state index contributed by atoms with van der Waals surface area (Å²) in [6, 6.07) is 0.611. The van der Waals surface area contributed by atoms with Gasteiger partial charge in [-0.15, -0.1) is 24.0 Å². The Kier molecular flexibility index (Phi) is 10.9. The molecule has 1 unspecified atom stereocenters. The molecule has 0 amide bonds. The second-order valence-electron chi connectivity index (χ2n) is 5.84. The number of rotatable bonds is 8. The van der Waals surface area contributed by atoms with Gasteiger partial charge in [-0.25, -0.2) is 0 Å². The van der Waals surface area contributed by atoms with Gasteiger partial charge in [0, 0.05) is 51.9 Å². The minimum absolute atomic E-state index is 0. The van der Waals surface area contributed by atoms with E-state index in [0.717, 1.165) is 25.6 Å². The average Bonchev–Trinajstić information content (AvgIpc) is 2.53. The second-order valence-corrected chi connectivity index (χ2v) is 6.82. The summed E-state index contributed by atoms with van der Waals surface area (Å²) in [5, 5.41) is 6.82. The lowest BCUT2D eigenvalue weighted by Crippen LogP contribution is -2.62. The molecule has 5 nitrogen and oxygen atoms in total. The lowest BCUT2D eigenvalue weighted by molar-refractivity contribution is 0.0174. The topological polar surface area (TPSA) is 42.9 Å². The molecule has 0 spiro atoms. The Bertz CT molecular complexity index is 321. The molecule has 2 N–H and O–H groups in total. The zero-order chi connectivity index (χ0) is 14.9. The first kappa shape index (κ1) is 20.3. The number of unbranched alkanes of at least 4 members (excludes halogenated alkanes) is 1. The molecule has 0 aliphatic carbocycles. The summed E-state index contributed by atoms with van der Waals surface area (Å²) in [6.45, 7) is 11.1. The maximum Gasteiger partial charge on any atom is 0.191 e. The van der Waals surface area contributed by atoms with Crippen LogP contribution < -0.4 is 10.6 Å². The van der Waals surface area contributed by atoms with E-state index in [4.69, 9.17) is 4.99 Å². The average molecular weight is 441 g/mol. The minimum atomic E-state index is 0. The molecular formula is C15H32IN5S. The molecule has 0 saturated carbocycles. The van der Waals surface area contributed by atoms with Crippen LogP contribution in [-0.2, 0) is 0 Å². The highest BCUT2D eigenvalue weighted by Crippen LogP contribution is 2.15. The van der Waals surface area contributed by atoms with E-state index in [1.807, 2.05) is 11.8 Å². The maximum atomic E-state index is 4.79. The molecule has 0 aromatic carbocycles. The predicted molar refractivity (Wildman–Crippen MR) is 109 cm³/mol. The van der Waals surface area contributed by atoms with Crippen molar-refractivity contribution in [3.8, 4) is 0 Å². The lowest BCUT2D eigenvalue weighted by Gasteiger charge is -2.47. The number of fused-ring (bicyclic) bond motifs is 3. The van der Waals surface area contributed by atoms with Gasteiger partial charge in [-0.05, 0) is 31.8 Å². The van der Waals surface area contributed by atoms with Gasteiger partial charge < -0.3 is 10.6 Å². The number of aliphatic imine (C=N–C) groups is 1. The number of piperazine rings is 3. The molecule has 3 saturated heterocycles. The van der Waals surface area contributed by atoms with E-state index in [2.05, 4.69) is 33.6 Å². The van der Waals surface area contributed by atoms with Crippen LogP contribution >= 0.6 is 35.7 Å². The van der Waals surface area contributed by atoms with Crippen LogP contribution in [0.5, 0.6) is 0 Å². The van der Waals surface area contributed by atoms with Gasteiger partial charge in [-0.2, -0.15) is 11.8 Å². The van der Waals surface area contributed by atoms with Crippen LogP contribution in [0.1, 0.15) is 19.8 Å². The molecule has 2 bridgehead atoms. The molecule has 130 valence electrons. The molecule has 3 fully saturated rings. The summed E-state index contributed by atoms with van der Waals surface area (Å²) >= 11 is 1.92. The zero-order valence-corrected chi connectivity index (χ0v) is 17.2. The summed E-state index contributed by atoms with van der Waals surface area (Å²) in [4.78, 5) is 9.97. The standard InChI is InChI=1S/C15H31N5S.HI/c1-3-16-15(17-6-4-5-11-21-2)18-12-14-13-19-7-9-20(14)10-8-19;/h14H,3-13H2,1-2H3,(H2,16,17,18);1H. The quantitative estimate of drug-likeness (QED) is 0.257. The van der Waals surface area contributed by atoms with Gasteiger partial charge in [0.2, 0.25) is 0 Å². The summed E-state index contributed by atoms with van der Waals surface area (Å²) in [5.41, 5.74) is 0. The maximum absolute atomic E-state index is 4.79. The van der Waals surface area contributed by atoms with Gasteiger partial charge in [-0.3, -0.25) is 14.8 Å². The first-order valence-electron chi connectivity index (χ1n) is 8.31. The Morgan fingerprint density at radius 3 is 2.55 bits per heavy atom. The third kappa shape index (κ3) is 6.80. The van der Waals surface area contributed by atoms with Crippen LogP contribution in [0.15, 0.2) is 4.99 Å². The third-order valence-electron chi connectivity index (χ3n) is 4.26. The van der Waals surface area contributed by atoms with Gasteiger partial charge in [-0.1, -0.05) is 0 Å². The number of nitrogens with zero attached hydrogens (tertiary/aromatic N) is 3. The zero-order valence-electron chi connectivity index (χ0n) is 14.0. The van der Waals surface area contributed by atoms with Crippen molar-refractivity contribution in [2.24, 2.45) is 4.99 Å². The molecule has 3 rings (SSSR count). The number of halogens is 1. The van der Waals surface area contributed by atoms with Crippen molar-refractivity contribution >= 4 is 41.7 Å². The summed E-state index contributed by atoms with van der Waals surface area (Å²) < 4.78 is 0. The third-order valence-corrected chi connectivity index (χ3v) is 4.96. The molecule has 1 atom stereocenters. The Morgan fingerprint density at radius 2 is 1.95 bits per heavy atom. The molecule has 3 aliphatic heterocycles. The molecule has 7 heteroatoms. The summed E-state index contributed by atoms with van der Waals surface area (Å²) in [5.74, 6) is 2.24. The van der Waals surface area contributed by atoms with Crippen molar-refractivity contribution in [3.63, 3.8) is 0 Å². The molecule has 0 aromatic rings. The largest absolute Gasteiger partial charge is 0.357 e. The molecule has 0 radical (unpaired) electrons. The fraction of sp³-hybridized carbons (Fsp3) is 0.933. The van der Waals surface area contributed by atoms with Crippen molar-refractivity contribution in [1.29, 1.82) is 0 Å². The fourth-order valence-electron chi connectivity index (χ4n) is 3.01. The van der Waals surface area contributed by atoms with Crippen LogP contribution in [0.25, 0.3) is 0 Å². The SMILES string of the molecule is CCNC(=NCC1CN2CCN1CC2)NCCCCSC.I. The molecule has 3 heterocycles. The first-order valence-corrected chi connectivity index (χ1v) is 9.70. The second kappa shape index (κ2) is 11.8. The minimum Gasteiger partial charge on any atom is -0.357 e. The van der Waals surface area contributed by atoms with Crippen molar-refractivity contribution in [2.75, 3.05) is 64.4 Å². The Morgan fingerprint density at radius 1 is 1.18 bits per heavy atom. The van der Waals surface area contributed by atoms with Crippen molar-refractivity contribution in [3.05, 3.63) is 0 Å². The predicted octanol–water partition coefficient (Wildman–Crippen LogP) is 1.30. The van der Waals surface area contributed by atoms with Gasteiger partial charge in [0.15, 0.2) is 5.96 Å². The smallest absolute Gasteiger partial charge is 0.191 e. The number of hydrogen-bond donors (Lipinski definition) is 2. The van der Waals surface area contributed by atoms with Crippen molar-refractivity contribution < 1.29 is 0 Å². The van der Waals surface area contributed by atoms with Crippen molar-refractivity contribution in [1.82, 2.24) is 20.4 Å². The summed E-state index contributed by atoms with van der Waals surface area (Å²) in [6.07, 6.45) is 4.66. The molecular weight excluding hydrogens is 409 g/mol. The highest BCUT2D eigenvalue weighted by atomic mass is 127. The number of nitrogens with one attached hydrogen (secondary N) is 2. The number of guanidine groups is 1. The van der Waals surface area contributed by atoms with Crippen molar-refractivity contribution in [2.45, 2.75) is 25.8 Å². The highest BCUT2D eigenvalue weighted by molar-refractivity contribution is 14.0. The fourth-order valence-corrected chi connectivity index (χ4v) is 3.51. The van der Waals surface area contributed by atoms with Gasteiger partial charge >= 0.3 is 0 Å². The first-order chi connectivity index (χ1) is 10.3. The Labute approximate surface area is 157 Å². The van der Waals surface area contributed by atoms with Crippen LogP contribution in [0.4, 0.5) is 0 Å². The molecule has 22 heavy (non-hydrogen) atoms. The van der Waals surface area contributed by atoms with E-state index in [1.54, 1.807) is 0 Å². The molecule has 0 aromatic heterocycles. The number of thioether (sulfide) groups is 1. The lowest BCUT2D eigenvalue weighted by atomic mass is 10.1. The van der Waals surface area contributed by atoms with E-state index in [-0.39, 0.29) is 24.0 Å². The van der Waals surface area contributed by atoms with Crippen LogP contribution in [0.2, 0.25) is 0 Å². The van der Waals surface area contributed by atoms with E-state index in [1.165, 1.54) is 51.3 Å². The highest BCUT2D eigenvalue weighted by Gasteiger charge is 2.31. The van der Waals surface area contributed by atoms with E-state index < -0.39 is 0 Å². The van der Waals surface area contributed by atoms with Gasteiger partial charge in [0.1, 0.15) is 0 Å². The molecule has 3 aliphatic rings. The monoisotopic (exact) mass is 441 g/mol. The Balaban J connectivity index is 0.00000242. The van der Waals surface area contributed by atoms with Gasteiger partial charge in [0.25, 0.3) is 0 Å². The van der Waals surface area contributed by atoms with E-state index >= 15 is 0 Å². The van der Waals surface area contributed by atoms with Crippen LogP contribution in [0, 0.1) is 0 Å². The normalized spacial score (nSPS) is 27.4. The van der Waals surface area contributed by atoms with Gasteiger partial charge in [0.05, 0.1) is 6.54 Å². The van der Waals surface area contributed by atoms with E-state index in [0.29, 0.717) is 6.04 Å². The van der Waals surface area contributed by atoms with Crippen LogP contribution in [0.3, 0.4) is 0 Å². The summed E-state index contributed by atoms with van der Waals surface area (Å²) in [7, 11) is 0. The van der Waals surface area contributed by atoms with Crippen LogP contribution in [-0.4, -0.2) is 86.2 Å². The Hall–Kier alpha value is 0.270. The number of hydrogen-bond acceptors (Lipinski definition) is 4. The van der Waals surface area contributed by atoms with E-state index in [9.17, 15) is 0 Å².